The molecular formula is C16H23BrN2S. The van der Waals surface area contributed by atoms with Crippen LogP contribution >= 0.6 is 28.1 Å². The second-order valence-electron chi connectivity index (χ2n) is 5.60. The summed E-state index contributed by atoms with van der Waals surface area (Å²) in [5, 5.41) is 0. The zero-order valence-corrected chi connectivity index (χ0v) is 14.5. The number of nitrogens with two attached hydrogens (primary N) is 1. The van der Waals surface area contributed by atoms with E-state index in [9.17, 15) is 0 Å². The van der Waals surface area contributed by atoms with Crippen molar-refractivity contribution in [3.63, 3.8) is 0 Å². The first-order chi connectivity index (χ1) is 9.61. The van der Waals surface area contributed by atoms with Crippen molar-refractivity contribution in [1.29, 1.82) is 0 Å². The van der Waals surface area contributed by atoms with E-state index in [0.717, 1.165) is 29.0 Å². The quantitative estimate of drug-likeness (QED) is 0.807. The van der Waals surface area contributed by atoms with Crippen molar-refractivity contribution in [2.75, 3.05) is 18.0 Å². The fraction of sp³-hybridized carbons (Fsp3) is 0.562. The van der Waals surface area contributed by atoms with Gasteiger partial charge < -0.3 is 10.6 Å². The van der Waals surface area contributed by atoms with Gasteiger partial charge in [0.2, 0.25) is 0 Å². The summed E-state index contributed by atoms with van der Waals surface area (Å²) in [6.07, 6.45) is 6.63. The molecule has 0 bridgehead atoms. The number of hydrogen-bond donors (Lipinski definition) is 1. The molecule has 0 aliphatic carbocycles. The van der Waals surface area contributed by atoms with E-state index in [2.05, 4.69) is 33.8 Å². The average molecular weight is 355 g/mol. The van der Waals surface area contributed by atoms with Crippen LogP contribution in [0.4, 0.5) is 5.69 Å². The van der Waals surface area contributed by atoms with Gasteiger partial charge in [0.25, 0.3) is 0 Å². The van der Waals surface area contributed by atoms with Crippen molar-refractivity contribution in [1.82, 2.24) is 0 Å². The van der Waals surface area contributed by atoms with Crippen LogP contribution in [-0.4, -0.2) is 18.1 Å². The van der Waals surface area contributed by atoms with Crippen LogP contribution in [0.1, 0.15) is 44.6 Å². The summed E-state index contributed by atoms with van der Waals surface area (Å²) in [5.41, 5.74) is 7.88. The van der Waals surface area contributed by atoms with E-state index in [1.54, 1.807) is 0 Å². The number of nitrogens with zero attached hydrogens (tertiary/aromatic N) is 1. The average Bonchev–Trinajstić information content (AvgIpc) is 2.65. The van der Waals surface area contributed by atoms with Gasteiger partial charge in [-0.2, -0.15) is 0 Å². The Morgan fingerprint density at radius 3 is 2.85 bits per heavy atom. The molecule has 0 spiro atoms. The van der Waals surface area contributed by atoms with Crippen molar-refractivity contribution < 1.29 is 0 Å². The third-order valence-electron chi connectivity index (χ3n) is 4.12. The maximum atomic E-state index is 5.68. The van der Waals surface area contributed by atoms with E-state index in [-0.39, 0.29) is 0 Å². The van der Waals surface area contributed by atoms with E-state index < -0.39 is 0 Å². The predicted octanol–water partition coefficient (Wildman–Crippen LogP) is 4.49. The van der Waals surface area contributed by atoms with Crippen LogP contribution in [0.25, 0.3) is 0 Å². The third kappa shape index (κ3) is 3.95. The fourth-order valence-electron chi connectivity index (χ4n) is 3.02. The molecule has 0 amide bonds. The van der Waals surface area contributed by atoms with E-state index in [1.807, 2.05) is 12.1 Å². The van der Waals surface area contributed by atoms with E-state index in [0.29, 0.717) is 4.99 Å². The highest BCUT2D eigenvalue weighted by Gasteiger charge is 2.18. The van der Waals surface area contributed by atoms with E-state index in [4.69, 9.17) is 18.0 Å². The van der Waals surface area contributed by atoms with E-state index in [1.165, 1.54) is 37.8 Å². The highest BCUT2D eigenvalue weighted by atomic mass is 79.9. The van der Waals surface area contributed by atoms with Crippen LogP contribution in [0.3, 0.4) is 0 Å². The normalized spacial score (nSPS) is 19.7. The molecule has 2 N–H and O–H groups in total. The highest BCUT2D eigenvalue weighted by Crippen LogP contribution is 2.31. The summed E-state index contributed by atoms with van der Waals surface area (Å²) in [6.45, 7) is 4.58. The maximum absolute atomic E-state index is 5.68. The molecule has 1 aromatic carbocycles. The van der Waals surface area contributed by atoms with Gasteiger partial charge in [-0.1, -0.05) is 32.0 Å². The molecule has 0 radical (unpaired) electrons. The number of benzene rings is 1. The molecule has 1 fully saturated rings. The van der Waals surface area contributed by atoms with Gasteiger partial charge in [-0.3, -0.25) is 0 Å². The molecular weight excluding hydrogens is 332 g/mol. The molecule has 1 aromatic rings. The van der Waals surface area contributed by atoms with Crippen LogP contribution in [0.2, 0.25) is 0 Å². The van der Waals surface area contributed by atoms with Crippen LogP contribution in [0, 0.1) is 5.92 Å². The Hall–Kier alpha value is -0.610. The minimum Gasteiger partial charge on any atom is -0.389 e. The SMILES string of the molecule is CCCC1CCCN(c2ccc(C(N)=S)cc2Br)CC1. The van der Waals surface area contributed by atoms with Gasteiger partial charge in [0.15, 0.2) is 0 Å². The summed E-state index contributed by atoms with van der Waals surface area (Å²) in [6, 6.07) is 6.20. The smallest absolute Gasteiger partial charge is 0.104 e. The molecule has 1 heterocycles. The van der Waals surface area contributed by atoms with Crippen LogP contribution in [-0.2, 0) is 0 Å². The fourth-order valence-corrected chi connectivity index (χ4v) is 3.78. The van der Waals surface area contributed by atoms with Crippen molar-refractivity contribution in [3.05, 3.63) is 28.2 Å². The first kappa shape index (κ1) is 15.8. The molecule has 2 rings (SSSR count). The first-order valence-electron chi connectivity index (χ1n) is 7.46. The van der Waals surface area contributed by atoms with Crippen LogP contribution < -0.4 is 10.6 Å². The number of halogens is 1. The monoisotopic (exact) mass is 354 g/mol. The van der Waals surface area contributed by atoms with Gasteiger partial charge in [-0.25, -0.2) is 0 Å². The Labute approximate surface area is 135 Å². The number of rotatable bonds is 4. The van der Waals surface area contributed by atoms with Crippen molar-refractivity contribution in [2.45, 2.75) is 39.0 Å². The predicted molar refractivity (Wildman–Crippen MR) is 94.5 cm³/mol. The standard InChI is InChI=1S/C16H23BrN2S/c1-2-4-12-5-3-9-19(10-8-12)15-7-6-13(16(18)20)11-14(15)17/h6-7,11-12H,2-5,8-10H2,1H3,(H2,18,20). The summed E-state index contributed by atoms with van der Waals surface area (Å²) in [7, 11) is 0. The van der Waals surface area contributed by atoms with Crippen molar-refractivity contribution >= 4 is 38.8 Å². The maximum Gasteiger partial charge on any atom is 0.104 e. The molecule has 20 heavy (non-hydrogen) atoms. The second-order valence-corrected chi connectivity index (χ2v) is 6.90. The van der Waals surface area contributed by atoms with Crippen LogP contribution in [0.5, 0.6) is 0 Å². The summed E-state index contributed by atoms with van der Waals surface area (Å²) in [5.74, 6) is 0.902. The van der Waals surface area contributed by atoms with Gasteiger partial charge in [-0.05, 0) is 59.3 Å². The molecule has 1 atom stereocenters. The Bertz CT molecular complexity index is 476. The van der Waals surface area contributed by atoms with Gasteiger partial charge in [0.05, 0.1) is 5.69 Å². The molecule has 4 heteroatoms. The van der Waals surface area contributed by atoms with Crippen molar-refractivity contribution in [3.8, 4) is 0 Å². The Morgan fingerprint density at radius 2 is 2.20 bits per heavy atom. The molecule has 1 aliphatic heterocycles. The molecule has 2 nitrogen and oxygen atoms in total. The Kier molecular flexibility index (Phi) is 5.85. The second kappa shape index (κ2) is 7.41. The minimum absolute atomic E-state index is 0.455. The molecule has 1 aliphatic rings. The lowest BCUT2D eigenvalue weighted by Crippen LogP contribution is -2.24. The lowest BCUT2D eigenvalue weighted by molar-refractivity contribution is 0.435. The van der Waals surface area contributed by atoms with Gasteiger partial charge >= 0.3 is 0 Å². The molecule has 1 unspecified atom stereocenters. The van der Waals surface area contributed by atoms with Crippen molar-refractivity contribution in [2.24, 2.45) is 11.7 Å². The summed E-state index contributed by atoms with van der Waals surface area (Å²) < 4.78 is 1.09. The Morgan fingerprint density at radius 1 is 1.40 bits per heavy atom. The first-order valence-corrected chi connectivity index (χ1v) is 8.66. The Balaban J connectivity index is 2.09. The highest BCUT2D eigenvalue weighted by molar-refractivity contribution is 9.10. The van der Waals surface area contributed by atoms with Gasteiger partial charge in [0.1, 0.15) is 4.99 Å². The lowest BCUT2D eigenvalue weighted by atomic mass is 9.96. The number of anilines is 1. The summed E-state index contributed by atoms with van der Waals surface area (Å²) >= 11 is 8.70. The lowest BCUT2D eigenvalue weighted by Gasteiger charge is -2.24. The zero-order chi connectivity index (χ0) is 14.5. The topological polar surface area (TPSA) is 29.3 Å². The molecule has 0 aromatic heterocycles. The molecule has 1 saturated heterocycles. The van der Waals surface area contributed by atoms with E-state index >= 15 is 0 Å². The summed E-state index contributed by atoms with van der Waals surface area (Å²) in [4.78, 5) is 2.94. The molecule has 0 saturated carbocycles. The largest absolute Gasteiger partial charge is 0.389 e. The number of thiocarbonyl (C=S) groups is 1. The van der Waals surface area contributed by atoms with Gasteiger partial charge in [0, 0.05) is 23.1 Å². The number of hydrogen-bond acceptors (Lipinski definition) is 2. The molecule has 110 valence electrons. The third-order valence-corrected chi connectivity index (χ3v) is 4.99. The van der Waals surface area contributed by atoms with Crippen LogP contribution in [0.15, 0.2) is 22.7 Å². The zero-order valence-electron chi connectivity index (χ0n) is 12.1. The minimum atomic E-state index is 0.455. The van der Waals surface area contributed by atoms with Gasteiger partial charge in [-0.15, -0.1) is 0 Å².